The van der Waals surface area contributed by atoms with Gasteiger partial charge in [-0.1, -0.05) is 47.1 Å². The first kappa shape index (κ1) is 21.9. The van der Waals surface area contributed by atoms with E-state index in [1.807, 2.05) is 12.1 Å². The van der Waals surface area contributed by atoms with Crippen LogP contribution >= 0.6 is 12.4 Å². The van der Waals surface area contributed by atoms with Crippen molar-refractivity contribution in [3.63, 3.8) is 0 Å². The van der Waals surface area contributed by atoms with E-state index in [-0.39, 0.29) is 12.4 Å². The maximum absolute atomic E-state index is 5.99. The number of nitrogens with zero attached hydrogens (tertiary/aromatic N) is 2. The van der Waals surface area contributed by atoms with Crippen molar-refractivity contribution in [2.75, 3.05) is 14.2 Å². The Morgan fingerprint density at radius 3 is 2.52 bits per heavy atom. The summed E-state index contributed by atoms with van der Waals surface area (Å²) in [4.78, 5) is 2.58. The van der Waals surface area contributed by atoms with Crippen LogP contribution in [-0.2, 0) is 6.42 Å². The Morgan fingerprint density at radius 2 is 1.81 bits per heavy atom. The summed E-state index contributed by atoms with van der Waals surface area (Å²) in [5.74, 6) is 2.76. The lowest BCUT2D eigenvalue weighted by atomic mass is 9.74. The molecule has 4 atom stereocenters. The number of piperidine rings is 1. The average Bonchev–Trinajstić information content (AvgIpc) is 3.30. The highest BCUT2D eigenvalue weighted by Gasteiger charge is 2.48. The van der Waals surface area contributed by atoms with Crippen molar-refractivity contribution >= 4 is 12.4 Å². The number of likely N-dealkylation sites (N-methyl/N-ethyl adjacent to an activating group) is 1. The molecular weight excluding hydrogens is 408 g/mol. The lowest BCUT2D eigenvalue weighted by Crippen LogP contribution is -2.44. The molecule has 4 nitrogen and oxygen atoms in total. The molecule has 2 bridgehead atoms. The van der Waals surface area contributed by atoms with Gasteiger partial charge in [-0.25, -0.2) is 0 Å². The van der Waals surface area contributed by atoms with Gasteiger partial charge in [0.15, 0.2) is 0 Å². The summed E-state index contributed by atoms with van der Waals surface area (Å²) >= 11 is 0. The number of ether oxygens (including phenoxy) is 1. The second-order valence-corrected chi connectivity index (χ2v) is 8.99. The van der Waals surface area contributed by atoms with Gasteiger partial charge in [-0.15, -0.1) is 12.4 Å². The second-order valence-electron chi connectivity index (χ2n) is 8.99. The summed E-state index contributed by atoms with van der Waals surface area (Å²) < 4.78 is 11.3. The molecule has 2 fully saturated rings. The van der Waals surface area contributed by atoms with Crippen LogP contribution in [-0.4, -0.2) is 36.3 Å². The van der Waals surface area contributed by atoms with E-state index in [1.165, 1.54) is 36.0 Å². The SMILES string of the molecule is COc1ccc(Cc2cc([C@@H]3C4CCC(C[C@@H]3c3ccc(C)cc3)N4C)on2)cc1.Cl. The molecule has 2 unspecified atom stereocenters. The van der Waals surface area contributed by atoms with E-state index < -0.39 is 0 Å². The van der Waals surface area contributed by atoms with E-state index in [4.69, 9.17) is 9.26 Å². The molecule has 0 N–H and O–H groups in total. The van der Waals surface area contributed by atoms with Crippen LogP contribution in [0.5, 0.6) is 5.75 Å². The lowest BCUT2D eigenvalue weighted by molar-refractivity contribution is 0.122. The quantitative estimate of drug-likeness (QED) is 0.509. The van der Waals surface area contributed by atoms with Crippen LogP contribution in [0.25, 0.3) is 0 Å². The Labute approximate surface area is 191 Å². The number of halogens is 1. The number of hydrogen-bond acceptors (Lipinski definition) is 4. The fourth-order valence-corrected chi connectivity index (χ4v) is 5.53. The number of rotatable bonds is 5. The summed E-state index contributed by atoms with van der Waals surface area (Å²) in [5, 5.41) is 4.45. The standard InChI is InChI=1S/C26H30N2O2.ClH/c1-17-4-8-19(9-5-17)23-16-21-10-13-24(28(21)2)26(23)25-15-20(27-30-25)14-18-6-11-22(29-3)12-7-18;/h4-9,11-12,15,21,23-24,26H,10,13-14,16H2,1-3H3;1H/t21?,23-,24?,26+;/m1./s1. The zero-order chi connectivity index (χ0) is 20.7. The molecule has 5 heteroatoms. The largest absolute Gasteiger partial charge is 0.497 e. The van der Waals surface area contributed by atoms with Gasteiger partial charge in [0.25, 0.3) is 0 Å². The highest BCUT2D eigenvalue weighted by molar-refractivity contribution is 5.85. The lowest BCUT2D eigenvalue weighted by Gasteiger charge is -2.42. The first-order valence-corrected chi connectivity index (χ1v) is 11.0. The van der Waals surface area contributed by atoms with E-state index in [0.717, 1.165) is 23.6 Å². The molecular formula is C26H31ClN2O2. The minimum Gasteiger partial charge on any atom is -0.497 e. The Kier molecular flexibility index (Phi) is 6.40. The summed E-state index contributed by atoms with van der Waals surface area (Å²) in [5.41, 5.74) is 4.96. The smallest absolute Gasteiger partial charge is 0.142 e. The van der Waals surface area contributed by atoms with E-state index in [1.54, 1.807) is 7.11 Å². The first-order chi connectivity index (χ1) is 14.6. The third-order valence-corrected chi connectivity index (χ3v) is 7.22. The fraction of sp³-hybridized carbons (Fsp3) is 0.423. The molecule has 1 aromatic heterocycles. The van der Waals surface area contributed by atoms with Gasteiger partial charge in [0.05, 0.1) is 12.8 Å². The van der Waals surface area contributed by atoms with Crippen molar-refractivity contribution in [2.45, 2.75) is 56.5 Å². The Morgan fingerprint density at radius 1 is 1.06 bits per heavy atom. The van der Waals surface area contributed by atoms with Crippen LogP contribution in [0.4, 0.5) is 0 Å². The molecule has 31 heavy (non-hydrogen) atoms. The van der Waals surface area contributed by atoms with E-state index in [0.29, 0.717) is 23.9 Å². The average molecular weight is 439 g/mol. The zero-order valence-electron chi connectivity index (χ0n) is 18.5. The molecule has 2 aliphatic rings. The van der Waals surface area contributed by atoms with Crippen LogP contribution in [0.1, 0.15) is 59.2 Å². The van der Waals surface area contributed by atoms with Crippen molar-refractivity contribution in [2.24, 2.45) is 0 Å². The van der Waals surface area contributed by atoms with Gasteiger partial charge >= 0.3 is 0 Å². The van der Waals surface area contributed by atoms with Crippen LogP contribution < -0.4 is 4.74 Å². The van der Waals surface area contributed by atoms with Crippen molar-refractivity contribution in [1.82, 2.24) is 10.1 Å². The number of methoxy groups -OCH3 is 1. The van der Waals surface area contributed by atoms with Crippen LogP contribution in [0.2, 0.25) is 0 Å². The van der Waals surface area contributed by atoms with Gasteiger partial charge in [0.2, 0.25) is 0 Å². The molecule has 0 radical (unpaired) electrons. The van der Waals surface area contributed by atoms with Crippen molar-refractivity contribution < 1.29 is 9.26 Å². The molecule has 164 valence electrons. The molecule has 0 amide bonds. The topological polar surface area (TPSA) is 38.5 Å². The number of hydrogen-bond donors (Lipinski definition) is 0. The zero-order valence-corrected chi connectivity index (χ0v) is 19.3. The highest BCUT2D eigenvalue weighted by atomic mass is 35.5. The molecule has 3 aromatic rings. The summed E-state index contributed by atoms with van der Waals surface area (Å²) in [7, 11) is 3.98. The third kappa shape index (κ3) is 4.24. The van der Waals surface area contributed by atoms with Gasteiger partial charge < -0.3 is 9.26 Å². The summed E-state index contributed by atoms with van der Waals surface area (Å²) in [6.07, 6.45) is 4.49. The van der Waals surface area contributed by atoms with Crippen LogP contribution in [0.3, 0.4) is 0 Å². The molecule has 3 heterocycles. The number of fused-ring (bicyclic) bond motifs is 2. The van der Waals surface area contributed by atoms with Crippen LogP contribution in [0.15, 0.2) is 59.1 Å². The van der Waals surface area contributed by atoms with Crippen molar-refractivity contribution in [3.05, 3.63) is 82.7 Å². The molecule has 2 saturated heterocycles. The van der Waals surface area contributed by atoms with E-state index >= 15 is 0 Å². The number of aryl methyl sites for hydroxylation is 1. The van der Waals surface area contributed by atoms with E-state index in [9.17, 15) is 0 Å². The molecule has 0 aliphatic carbocycles. The Bertz CT molecular complexity index is 999. The predicted octanol–water partition coefficient (Wildman–Crippen LogP) is 5.74. The maximum Gasteiger partial charge on any atom is 0.142 e. The van der Waals surface area contributed by atoms with Gasteiger partial charge in [-0.3, -0.25) is 4.90 Å². The van der Waals surface area contributed by atoms with Gasteiger partial charge in [-0.05, 0) is 62.4 Å². The molecule has 2 aromatic carbocycles. The normalized spacial score (nSPS) is 25.3. The minimum atomic E-state index is 0. The Balaban J connectivity index is 0.00000231. The Hall–Kier alpha value is -2.30. The fourth-order valence-electron chi connectivity index (χ4n) is 5.53. The number of aromatic nitrogens is 1. The van der Waals surface area contributed by atoms with Crippen molar-refractivity contribution in [3.8, 4) is 5.75 Å². The minimum absolute atomic E-state index is 0. The van der Waals surface area contributed by atoms with Gasteiger partial charge in [0, 0.05) is 30.5 Å². The van der Waals surface area contributed by atoms with Gasteiger partial charge in [-0.2, -0.15) is 0 Å². The number of benzene rings is 2. The molecule has 2 aliphatic heterocycles. The summed E-state index contributed by atoms with van der Waals surface area (Å²) in [6, 6.07) is 20.7. The summed E-state index contributed by atoms with van der Waals surface area (Å²) in [6.45, 7) is 2.15. The highest BCUT2D eigenvalue weighted by Crippen LogP contribution is 2.51. The van der Waals surface area contributed by atoms with Gasteiger partial charge in [0.1, 0.15) is 11.5 Å². The van der Waals surface area contributed by atoms with E-state index in [2.05, 4.69) is 66.5 Å². The maximum atomic E-state index is 5.99. The predicted molar refractivity (Wildman–Crippen MR) is 125 cm³/mol. The first-order valence-electron chi connectivity index (χ1n) is 11.0. The monoisotopic (exact) mass is 438 g/mol. The van der Waals surface area contributed by atoms with Crippen molar-refractivity contribution in [1.29, 1.82) is 0 Å². The second kappa shape index (κ2) is 9.05. The van der Waals surface area contributed by atoms with Crippen LogP contribution in [0, 0.1) is 6.92 Å². The molecule has 5 rings (SSSR count). The molecule has 0 saturated carbocycles. The third-order valence-electron chi connectivity index (χ3n) is 7.22. The molecule has 0 spiro atoms.